The maximum absolute atomic E-state index is 13.7. The van der Waals surface area contributed by atoms with E-state index in [1.54, 1.807) is 0 Å². The molecule has 0 saturated carbocycles. The van der Waals surface area contributed by atoms with Crippen LogP contribution in [0.2, 0.25) is 0 Å². The average molecular weight is 285 g/mol. The van der Waals surface area contributed by atoms with Gasteiger partial charge in [-0.3, -0.25) is 10.1 Å². The monoisotopic (exact) mass is 285 g/mol. The molecule has 1 heterocycles. The van der Waals surface area contributed by atoms with Gasteiger partial charge in [0.25, 0.3) is 0 Å². The summed E-state index contributed by atoms with van der Waals surface area (Å²) in [5.74, 6) is -3.11. The number of aliphatic hydroxyl groups excluding tert-OH is 1. The van der Waals surface area contributed by atoms with Crippen molar-refractivity contribution in [2.75, 3.05) is 7.11 Å². The predicted molar refractivity (Wildman–Crippen MR) is 62.3 cm³/mol. The largest absolute Gasteiger partial charge is 0.497 e. The number of hydrogen-bond acceptors (Lipinski definition) is 5. The van der Waals surface area contributed by atoms with Crippen molar-refractivity contribution in [1.82, 2.24) is 0 Å². The molecule has 0 saturated heterocycles. The number of aliphatic hydroxyl groups is 1. The van der Waals surface area contributed by atoms with Gasteiger partial charge in [-0.1, -0.05) is 0 Å². The highest BCUT2D eigenvalue weighted by Crippen LogP contribution is 2.32. The molecule has 1 aromatic heterocycles. The van der Waals surface area contributed by atoms with Crippen LogP contribution >= 0.6 is 0 Å². The second kappa shape index (κ2) is 5.25. The van der Waals surface area contributed by atoms with Crippen LogP contribution in [-0.2, 0) is 0 Å². The molecule has 6 nitrogen and oxygen atoms in total. The van der Waals surface area contributed by atoms with Crippen molar-refractivity contribution in [1.29, 1.82) is 0 Å². The van der Waals surface area contributed by atoms with Crippen LogP contribution in [0.4, 0.5) is 14.7 Å². The van der Waals surface area contributed by atoms with Crippen LogP contribution in [0.3, 0.4) is 0 Å². The van der Waals surface area contributed by atoms with Crippen LogP contribution in [0, 0.1) is 21.7 Å². The Kier molecular flexibility index (Phi) is 3.66. The second-order valence-electron chi connectivity index (χ2n) is 3.84. The fourth-order valence-corrected chi connectivity index (χ4v) is 1.67. The molecule has 0 amide bonds. The Hall–Kier alpha value is -2.48. The molecule has 0 radical (unpaired) electrons. The quantitative estimate of drug-likeness (QED) is 0.689. The topological polar surface area (TPSA) is 85.7 Å². The first-order valence-electron chi connectivity index (χ1n) is 5.39. The van der Waals surface area contributed by atoms with Gasteiger partial charge in [-0.2, -0.15) is 0 Å². The molecule has 0 aliphatic heterocycles. The molecule has 20 heavy (non-hydrogen) atoms. The minimum absolute atomic E-state index is 0.0543. The Morgan fingerprint density at radius 1 is 1.35 bits per heavy atom. The lowest BCUT2D eigenvalue weighted by atomic mass is 10.1. The van der Waals surface area contributed by atoms with Crippen molar-refractivity contribution < 1.29 is 28.0 Å². The highest BCUT2D eigenvalue weighted by atomic mass is 19.1. The number of halogens is 2. The van der Waals surface area contributed by atoms with E-state index in [2.05, 4.69) is 4.74 Å². The van der Waals surface area contributed by atoms with E-state index in [4.69, 9.17) is 4.42 Å². The molecule has 0 aliphatic carbocycles. The molecule has 0 bridgehead atoms. The molecule has 0 fully saturated rings. The van der Waals surface area contributed by atoms with Gasteiger partial charge in [0.2, 0.25) is 0 Å². The van der Waals surface area contributed by atoms with Crippen molar-refractivity contribution >= 4 is 5.88 Å². The summed E-state index contributed by atoms with van der Waals surface area (Å²) in [6.45, 7) is 0. The summed E-state index contributed by atoms with van der Waals surface area (Å²) in [7, 11) is 1.24. The maximum atomic E-state index is 13.7. The summed E-state index contributed by atoms with van der Waals surface area (Å²) in [5.41, 5.74) is -0.671. The fourth-order valence-electron chi connectivity index (χ4n) is 1.67. The third kappa shape index (κ3) is 2.45. The SMILES string of the molecule is COc1cc(F)c(C(O)c2ccc([N+](=O)[O-])o2)c(F)c1. The molecular weight excluding hydrogens is 276 g/mol. The molecule has 1 unspecified atom stereocenters. The second-order valence-corrected chi connectivity index (χ2v) is 3.84. The number of furan rings is 1. The minimum atomic E-state index is -1.80. The molecule has 1 aromatic carbocycles. The molecule has 106 valence electrons. The number of benzene rings is 1. The lowest BCUT2D eigenvalue weighted by Gasteiger charge is -2.11. The van der Waals surface area contributed by atoms with Gasteiger partial charge in [0.05, 0.1) is 18.7 Å². The van der Waals surface area contributed by atoms with E-state index < -0.39 is 34.1 Å². The van der Waals surface area contributed by atoms with Crippen molar-refractivity contribution in [3.63, 3.8) is 0 Å². The van der Waals surface area contributed by atoms with Gasteiger partial charge in [0.1, 0.15) is 34.2 Å². The van der Waals surface area contributed by atoms with Crippen LogP contribution in [0.15, 0.2) is 28.7 Å². The maximum Gasteiger partial charge on any atom is 0.433 e. The van der Waals surface area contributed by atoms with Gasteiger partial charge in [0, 0.05) is 12.1 Å². The predicted octanol–water partition coefficient (Wildman–Crippen LogP) is 2.56. The first-order chi connectivity index (χ1) is 9.43. The third-order valence-electron chi connectivity index (χ3n) is 2.62. The van der Waals surface area contributed by atoms with Crippen LogP contribution in [-0.4, -0.2) is 17.1 Å². The molecule has 2 aromatic rings. The Morgan fingerprint density at radius 2 is 1.95 bits per heavy atom. The molecule has 0 aliphatic rings. The zero-order chi connectivity index (χ0) is 14.9. The minimum Gasteiger partial charge on any atom is -0.497 e. The Labute approximate surface area is 111 Å². The van der Waals surface area contributed by atoms with E-state index in [0.29, 0.717) is 0 Å². The molecule has 8 heteroatoms. The zero-order valence-corrected chi connectivity index (χ0v) is 10.2. The van der Waals surface area contributed by atoms with E-state index >= 15 is 0 Å². The summed E-state index contributed by atoms with van der Waals surface area (Å²) in [6.07, 6.45) is -1.80. The summed E-state index contributed by atoms with van der Waals surface area (Å²) in [4.78, 5) is 9.63. The zero-order valence-electron chi connectivity index (χ0n) is 10.2. The Balaban J connectivity index is 2.42. The standard InChI is InChI=1S/C12H9F2NO5/c1-19-6-4-7(13)11(8(14)5-6)12(16)9-2-3-10(20-9)15(17)18/h2-5,12,16H,1H3. The van der Waals surface area contributed by atoms with Gasteiger partial charge < -0.3 is 14.3 Å². The van der Waals surface area contributed by atoms with Gasteiger partial charge in [0.15, 0.2) is 0 Å². The average Bonchev–Trinajstić information content (AvgIpc) is 2.87. The van der Waals surface area contributed by atoms with Crippen LogP contribution in [0.5, 0.6) is 5.75 Å². The summed E-state index contributed by atoms with van der Waals surface area (Å²) in [6, 6.07) is 3.84. The molecule has 0 spiro atoms. The van der Waals surface area contributed by atoms with Gasteiger partial charge in [-0.15, -0.1) is 0 Å². The van der Waals surface area contributed by atoms with E-state index in [9.17, 15) is 24.0 Å². The smallest absolute Gasteiger partial charge is 0.433 e. The van der Waals surface area contributed by atoms with E-state index in [1.165, 1.54) is 7.11 Å². The molecular formula is C12H9F2NO5. The highest BCUT2D eigenvalue weighted by Gasteiger charge is 2.25. The number of ether oxygens (including phenoxy) is 1. The van der Waals surface area contributed by atoms with Crippen LogP contribution in [0.1, 0.15) is 17.4 Å². The summed E-state index contributed by atoms with van der Waals surface area (Å²) in [5, 5.41) is 20.3. The van der Waals surface area contributed by atoms with Crippen molar-refractivity contribution in [2.24, 2.45) is 0 Å². The normalized spacial score (nSPS) is 12.2. The van der Waals surface area contributed by atoms with Gasteiger partial charge in [-0.05, 0) is 6.07 Å². The van der Waals surface area contributed by atoms with Crippen molar-refractivity contribution in [3.05, 3.63) is 57.3 Å². The van der Waals surface area contributed by atoms with Gasteiger partial charge >= 0.3 is 5.88 Å². The molecule has 1 N–H and O–H groups in total. The lowest BCUT2D eigenvalue weighted by molar-refractivity contribution is -0.402. The number of hydrogen-bond donors (Lipinski definition) is 1. The molecule has 1 atom stereocenters. The number of nitrogens with zero attached hydrogens (tertiary/aromatic N) is 1. The van der Waals surface area contributed by atoms with Crippen LogP contribution < -0.4 is 4.74 Å². The van der Waals surface area contributed by atoms with E-state index in [-0.39, 0.29) is 11.5 Å². The Morgan fingerprint density at radius 3 is 2.40 bits per heavy atom. The Bertz CT molecular complexity index is 632. The van der Waals surface area contributed by atoms with E-state index in [1.807, 2.05) is 0 Å². The fraction of sp³-hybridized carbons (Fsp3) is 0.167. The number of nitro groups is 1. The van der Waals surface area contributed by atoms with Gasteiger partial charge in [-0.25, -0.2) is 8.78 Å². The third-order valence-corrected chi connectivity index (χ3v) is 2.62. The molecule has 2 rings (SSSR count). The van der Waals surface area contributed by atoms with Crippen molar-refractivity contribution in [3.8, 4) is 5.75 Å². The first-order valence-corrected chi connectivity index (χ1v) is 5.39. The number of methoxy groups -OCH3 is 1. The highest BCUT2D eigenvalue weighted by molar-refractivity contribution is 5.35. The van der Waals surface area contributed by atoms with Crippen LogP contribution in [0.25, 0.3) is 0 Å². The summed E-state index contributed by atoms with van der Waals surface area (Å²) < 4.78 is 36.9. The first kappa shape index (κ1) is 13.9. The summed E-state index contributed by atoms with van der Waals surface area (Å²) >= 11 is 0. The lowest BCUT2D eigenvalue weighted by Crippen LogP contribution is -2.05. The van der Waals surface area contributed by atoms with Crippen molar-refractivity contribution in [2.45, 2.75) is 6.10 Å². The number of rotatable bonds is 4. The van der Waals surface area contributed by atoms with E-state index in [0.717, 1.165) is 24.3 Å².